The van der Waals surface area contributed by atoms with Gasteiger partial charge in [-0.3, -0.25) is 15.0 Å². The van der Waals surface area contributed by atoms with Crippen LogP contribution in [-0.4, -0.2) is 24.5 Å². The number of nitrogens with one attached hydrogen (secondary N) is 2. The highest BCUT2D eigenvalue weighted by molar-refractivity contribution is 5.94. The van der Waals surface area contributed by atoms with Crippen LogP contribution in [0, 0.1) is 5.41 Å². The highest BCUT2D eigenvalue weighted by atomic mass is 16.5. The fourth-order valence-corrected chi connectivity index (χ4v) is 2.20. The first-order chi connectivity index (χ1) is 10.5. The van der Waals surface area contributed by atoms with Crippen LogP contribution in [0.4, 0.5) is 0 Å². The Morgan fingerprint density at radius 2 is 1.73 bits per heavy atom. The van der Waals surface area contributed by atoms with Crippen molar-refractivity contribution in [3.8, 4) is 0 Å². The van der Waals surface area contributed by atoms with Gasteiger partial charge >= 0.3 is 5.97 Å². The van der Waals surface area contributed by atoms with Crippen LogP contribution in [0.2, 0.25) is 0 Å². The summed E-state index contributed by atoms with van der Waals surface area (Å²) in [5.74, 6) is -0.619. The largest absolute Gasteiger partial charge is 0.465 e. The zero-order valence-electron chi connectivity index (χ0n) is 13.8. The second-order valence-electron chi connectivity index (χ2n) is 5.51. The maximum atomic E-state index is 12.2. The Labute approximate surface area is 132 Å². The number of carbonyl (C=O) groups excluding carboxylic acids is 2. The van der Waals surface area contributed by atoms with Gasteiger partial charge in [0, 0.05) is 5.56 Å². The summed E-state index contributed by atoms with van der Waals surface area (Å²) in [6.07, 6.45) is 1.59. The lowest BCUT2D eigenvalue weighted by Crippen LogP contribution is -2.56. The summed E-state index contributed by atoms with van der Waals surface area (Å²) in [6.45, 7) is 8.14. The molecule has 0 aliphatic carbocycles. The summed E-state index contributed by atoms with van der Waals surface area (Å²) in [4.78, 5) is 24.3. The van der Waals surface area contributed by atoms with Gasteiger partial charge in [0.15, 0.2) is 0 Å². The molecule has 5 nitrogen and oxygen atoms in total. The number of rotatable bonds is 8. The Morgan fingerprint density at radius 3 is 2.23 bits per heavy atom. The third-order valence-electron chi connectivity index (χ3n) is 4.20. The van der Waals surface area contributed by atoms with E-state index in [4.69, 9.17) is 4.74 Å². The van der Waals surface area contributed by atoms with Crippen LogP contribution in [0.25, 0.3) is 0 Å². The number of hydrogen-bond donors (Lipinski definition) is 2. The molecule has 1 aromatic rings. The molecule has 5 heteroatoms. The van der Waals surface area contributed by atoms with E-state index in [2.05, 4.69) is 10.9 Å². The molecular weight excluding hydrogens is 280 g/mol. The van der Waals surface area contributed by atoms with Gasteiger partial charge in [-0.05, 0) is 37.3 Å². The Bertz CT molecular complexity index is 484. The first-order valence-corrected chi connectivity index (χ1v) is 7.76. The van der Waals surface area contributed by atoms with Crippen molar-refractivity contribution in [1.29, 1.82) is 0 Å². The Balaban J connectivity index is 2.81. The highest BCUT2D eigenvalue weighted by Gasteiger charge is 2.37. The molecule has 1 rings (SSSR count). The van der Waals surface area contributed by atoms with E-state index in [0.717, 1.165) is 12.8 Å². The lowest BCUT2D eigenvalue weighted by molar-refractivity contribution is -0.149. The Kier molecular flexibility index (Phi) is 7.05. The average Bonchev–Trinajstić information content (AvgIpc) is 2.55. The first kappa shape index (κ1) is 18.2. The number of hydrogen-bond acceptors (Lipinski definition) is 4. The molecule has 0 saturated heterocycles. The van der Waals surface area contributed by atoms with Gasteiger partial charge in [-0.15, -0.1) is 0 Å². The molecule has 0 radical (unpaired) electrons. The third-order valence-corrected chi connectivity index (χ3v) is 4.20. The second-order valence-corrected chi connectivity index (χ2v) is 5.51. The zero-order valence-corrected chi connectivity index (χ0v) is 13.8. The fourth-order valence-electron chi connectivity index (χ4n) is 2.20. The van der Waals surface area contributed by atoms with Crippen molar-refractivity contribution in [1.82, 2.24) is 10.9 Å². The SMILES string of the molecule is CCOC(=O)[C@H](NNC(=O)c1ccccc1)C(C)(CC)CC. The molecule has 1 atom stereocenters. The zero-order chi connectivity index (χ0) is 16.6. The molecule has 2 N–H and O–H groups in total. The summed E-state index contributed by atoms with van der Waals surface area (Å²) in [7, 11) is 0. The van der Waals surface area contributed by atoms with E-state index in [1.807, 2.05) is 26.8 Å². The Hall–Kier alpha value is -1.88. The van der Waals surface area contributed by atoms with Gasteiger partial charge in [0.05, 0.1) is 6.61 Å². The molecule has 0 aliphatic heterocycles. The normalized spacial score (nSPS) is 12.5. The van der Waals surface area contributed by atoms with Crippen molar-refractivity contribution >= 4 is 11.9 Å². The third kappa shape index (κ3) is 4.56. The van der Waals surface area contributed by atoms with E-state index in [1.165, 1.54) is 0 Å². The quantitative estimate of drug-likeness (QED) is 0.572. The summed E-state index contributed by atoms with van der Waals surface area (Å²) < 4.78 is 5.14. The standard InChI is InChI=1S/C17H26N2O3/c1-5-17(4,6-2)14(16(21)22-7-3)18-19-15(20)13-11-9-8-10-12-13/h8-12,14,18H,5-7H2,1-4H3,(H,19,20)/t14-/m0/s1. The van der Waals surface area contributed by atoms with Crippen molar-refractivity contribution in [2.75, 3.05) is 6.61 Å². The van der Waals surface area contributed by atoms with E-state index in [9.17, 15) is 9.59 Å². The van der Waals surface area contributed by atoms with Gasteiger partial charge < -0.3 is 4.74 Å². The Morgan fingerprint density at radius 1 is 1.14 bits per heavy atom. The van der Waals surface area contributed by atoms with Gasteiger partial charge in [0.25, 0.3) is 5.91 Å². The van der Waals surface area contributed by atoms with Crippen molar-refractivity contribution in [2.45, 2.75) is 46.6 Å². The van der Waals surface area contributed by atoms with Crippen molar-refractivity contribution in [3.05, 3.63) is 35.9 Å². The number of ether oxygens (including phenoxy) is 1. The average molecular weight is 306 g/mol. The van der Waals surface area contributed by atoms with E-state index < -0.39 is 6.04 Å². The molecule has 0 unspecified atom stereocenters. The van der Waals surface area contributed by atoms with Gasteiger partial charge in [0.2, 0.25) is 0 Å². The minimum absolute atomic E-state index is 0.274. The van der Waals surface area contributed by atoms with E-state index in [1.54, 1.807) is 31.2 Å². The second kappa shape index (κ2) is 8.54. The minimum atomic E-state index is -0.588. The monoisotopic (exact) mass is 306 g/mol. The van der Waals surface area contributed by atoms with Gasteiger partial charge in [0.1, 0.15) is 6.04 Å². The molecule has 1 aromatic carbocycles. The summed E-state index contributed by atoms with van der Waals surface area (Å²) in [5, 5.41) is 0. The molecule has 122 valence electrons. The van der Waals surface area contributed by atoms with E-state index in [-0.39, 0.29) is 17.3 Å². The van der Waals surface area contributed by atoms with Gasteiger partial charge in [-0.25, -0.2) is 5.43 Å². The molecule has 0 saturated carbocycles. The molecular formula is C17H26N2O3. The smallest absolute Gasteiger partial charge is 0.325 e. The van der Waals surface area contributed by atoms with Crippen LogP contribution in [0.1, 0.15) is 50.9 Å². The lowest BCUT2D eigenvalue weighted by atomic mass is 9.77. The van der Waals surface area contributed by atoms with Crippen LogP contribution in [0.15, 0.2) is 30.3 Å². The molecule has 22 heavy (non-hydrogen) atoms. The van der Waals surface area contributed by atoms with E-state index in [0.29, 0.717) is 12.2 Å². The predicted octanol–water partition coefficient (Wildman–Crippen LogP) is 2.68. The van der Waals surface area contributed by atoms with Crippen molar-refractivity contribution in [3.63, 3.8) is 0 Å². The van der Waals surface area contributed by atoms with Crippen molar-refractivity contribution in [2.24, 2.45) is 5.41 Å². The van der Waals surface area contributed by atoms with Crippen LogP contribution in [0.3, 0.4) is 0 Å². The summed E-state index contributed by atoms with van der Waals surface area (Å²) >= 11 is 0. The number of benzene rings is 1. The molecule has 0 fully saturated rings. The number of hydrazine groups is 1. The minimum Gasteiger partial charge on any atom is -0.465 e. The molecule has 0 aliphatic rings. The topological polar surface area (TPSA) is 67.4 Å². The number of carbonyl (C=O) groups is 2. The van der Waals surface area contributed by atoms with Gasteiger partial charge in [-0.2, -0.15) is 0 Å². The molecule has 0 heterocycles. The van der Waals surface area contributed by atoms with Gasteiger partial charge in [-0.1, -0.05) is 39.0 Å². The fraction of sp³-hybridized carbons (Fsp3) is 0.529. The molecule has 0 aromatic heterocycles. The van der Waals surface area contributed by atoms with E-state index >= 15 is 0 Å². The molecule has 1 amide bonds. The molecule has 0 spiro atoms. The van der Waals surface area contributed by atoms with Crippen LogP contribution >= 0.6 is 0 Å². The maximum Gasteiger partial charge on any atom is 0.325 e. The van der Waals surface area contributed by atoms with Crippen LogP contribution < -0.4 is 10.9 Å². The number of esters is 1. The van der Waals surface area contributed by atoms with Crippen LogP contribution in [0.5, 0.6) is 0 Å². The van der Waals surface area contributed by atoms with Crippen LogP contribution in [-0.2, 0) is 9.53 Å². The summed E-state index contributed by atoms with van der Waals surface area (Å²) in [6, 6.07) is 8.27. The lowest BCUT2D eigenvalue weighted by Gasteiger charge is -2.35. The first-order valence-electron chi connectivity index (χ1n) is 7.76. The summed E-state index contributed by atoms with van der Waals surface area (Å²) in [5.41, 5.74) is 5.73. The molecule has 0 bridgehead atoms. The number of amides is 1. The maximum absolute atomic E-state index is 12.2. The van der Waals surface area contributed by atoms with Crippen molar-refractivity contribution < 1.29 is 14.3 Å². The predicted molar refractivity (Wildman–Crippen MR) is 86.2 cm³/mol. The highest BCUT2D eigenvalue weighted by Crippen LogP contribution is 2.30.